The number of methoxy groups -OCH3 is 1. The average Bonchev–Trinajstić information content (AvgIpc) is 3.12. The second kappa shape index (κ2) is 6.33. The maximum absolute atomic E-state index is 12.4. The van der Waals surface area contributed by atoms with Crippen molar-refractivity contribution in [2.75, 3.05) is 20.3 Å². The predicted octanol–water partition coefficient (Wildman–Crippen LogP) is 1.27. The van der Waals surface area contributed by atoms with Crippen LogP contribution in [0, 0.1) is 0 Å². The fourth-order valence-electron chi connectivity index (χ4n) is 2.72. The number of hydrogen-bond donors (Lipinski definition) is 1. The number of nitrogens with one attached hydrogen (secondary N) is 1. The molecule has 1 N–H and O–H groups in total. The third-order valence-electron chi connectivity index (χ3n) is 3.73. The van der Waals surface area contributed by atoms with E-state index in [1.54, 1.807) is 13.2 Å². The number of nitrogens with zero attached hydrogens (tertiary/aromatic N) is 2. The van der Waals surface area contributed by atoms with Crippen molar-refractivity contribution in [1.82, 2.24) is 14.0 Å². The van der Waals surface area contributed by atoms with Crippen LogP contribution in [0.15, 0.2) is 28.7 Å². The van der Waals surface area contributed by atoms with Crippen molar-refractivity contribution in [2.24, 2.45) is 0 Å². The molecule has 22 heavy (non-hydrogen) atoms. The first-order valence-electron chi connectivity index (χ1n) is 7.20. The summed E-state index contributed by atoms with van der Waals surface area (Å²) >= 11 is 0. The van der Waals surface area contributed by atoms with E-state index in [0.717, 1.165) is 18.4 Å². The lowest BCUT2D eigenvalue weighted by molar-refractivity contribution is 0.148. The molecule has 1 atom stereocenters. The van der Waals surface area contributed by atoms with Crippen molar-refractivity contribution < 1.29 is 17.6 Å². The number of ether oxygens (including phenoxy) is 1. The summed E-state index contributed by atoms with van der Waals surface area (Å²) in [6.45, 7) is 0.952. The molecule has 0 amide bonds. The van der Waals surface area contributed by atoms with Crippen LogP contribution in [0.2, 0.25) is 0 Å². The van der Waals surface area contributed by atoms with E-state index in [-0.39, 0.29) is 12.6 Å². The predicted molar refractivity (Wildman–Crippen MR) is 81.4 cm³/mol. The van der Waals surface area contributed by atoms with E-state index in [1.165, 1.54) is 4.31 Å². The van der Waals surface area contributed by atoms with Gasteiger partial charge in [-0.15, -0.1) is 0 Å². The van der Waals surface area contributed by atoms with Gasteiger partial charge in [0.1, 0.15) is 5.52 Å². The molecule has 1 aromatic heterocycles. The highest BCUT2D eigenvalue weighted by molar-refractivity contribution is 7.87. The highest BCUT2D eigenvalue weighted by Gasteiger charge is 2.34. The third kappa shape index (κ3) is 3.14. The molecule has 0 saturated carbocycles. The highest BCUT2D eigenvalue weighted by atomic mass is 32.2. The van der Waals surface area contributed by atoms with Gasteiger partial charge in [-0.1, -0.05) is 12.1 Å². The lowest BCUT2D eigenvalue weighted by atomic mass is 10.2. The molecule has 0 unspecified atom stereocenters. The minimum Gasteiger partial charge on any atom is -0.439 e. The largest absolute Gasteiger partial charge is 0.439 e. The maximum Gasteiger partial charge on any atom is 0.280 e. The number of fused-ring (bicyclic) bond motifs is 1. The molecule has 1 aromatic carbocycles. The molecule has 2 aromatic rings. The van der Waals surface area contributed by atoms with Gasteiger partial charge in [-0.2, -0.15) is 17.4 Å². The van der Waals surface area contributed by atoms with Crippen LogP contribution in [-0.4, -0.2) is 44.0 Å². The summed E-state index contributed by atoms with van der Waals surface area (Å²) in [7, 11) is -1.99. The molecular formula is C14H19N3O4S. The van der Waals surface area contributed by atoms with E-state index < -0.39 is 10.2 Å². The van der Waals surface area contributed by atoms with E-state index in [0.29, 0.717) is 24.6 Å². The van der Waals surface area contributed by atoms with Gasteiger partial charge >= 0.3 is 0 Å². The molecule has 1 aliphatic rings. The maximum atomic E-state index is 12.4. The molecular weight excluding hydrogens is 306 g/mol. The van der Waals surface area contributed by atoms with Crippen molar-refractivity contribution in [3.05, 3.63) is 30.2 Å². The van der Waals surface area contributed by atoms with Crippen LogP contribution in [0.5, 0.6) is 0 Å². The smallest absolute Gasteiger partial charge is 0.280 e. The Hall–Kier alpha value is -1.48. The Bertz CT molecular complexity index is 710. The van der Waals surface area contributed by atoms with Gasteiger partial charge in [0.15, 0.2) is 5.58 Å². The third-order valence-corrected chi connectivity index (χ3v) is 5.34. The van der Waals surface area contributed by atoms with Gasteiger partial charge < -0.3 is 9.15 Å². The van der Waals surface area contributed by atoms with Crippen LogP contribution < -0.4 is 4.72 Å². The molecule has 1 aliphatic heterocycles. The summed E-state index contributed by atoms with van der Waals surface area (Å²) in [6, 6.07) is 7.23. The monoisotopic (exact) mass is 325 g/mol. The Balaban J connectivity index is 1.69. The molecule has 0 spiro atoms. The fourth-order valence-corrected chi connectivity index (χ4v) is 4.12. The van der Waals surface area contributed by atoms with Gasteiger partial charge in [0.2, 0.25) is 5.89 Å². The summed E-state index contributed by atoms with van der Waals surface area (Å²) in [5.74, 6) is 0.354. The van der Waals surface area contributed by atoms with Crippen molar-refractivity contribution in [3.8, 4) is 0 Å². The molecule has 1 fully saturated rings. The lowest BCUT2D eigenvalue weighted by Gasteiger charge is -2.23. The molecule has 0 radical (unpaired) electrons. The molecule has 3 rings (SSSR count). The van der Waals surface area contributed by atoms with E-state index in [2.05, 4.69) is 9.71 Å². The van der Waals surface area contributed by atoms with Crippen molar-refractivity contribution in [1.29, 1.82) is 0 Å². The van der Waals surface area contributed by atoms with Crippen LogP contribution in [0.1, 0.15) is 18.7 Å². The van der Waals surface area contributed by atoms with E-state index in [9.17, 15) is 8.42 Å². The van der Waals surface area contributed by atoms with Crippen LogP contribution in [0.4, 0.5) is 0 Å². The first kappa shape index (κ1) is 15.4. The average molecular weight is 325 g/mol. The van der Waals surface area contributed by atoms with Gasteiger partial charge in [0, 0.05) is 19.7 Å². The first-order valence-corrected chi connectivity index (χ1v) is 8.64. The number of rotatable bonds is 6. The van der Waals surface area contributed by atoms with E-state index in [1.807, 2.05) is 18.2 Å². The van der Waals surface area contributed by atoms with Crippen molar-refractivity contribution >= 4 is 21.3 Å². The van der Waals surface area contributed by atoms with E-state index >= 15 is 0 Å². The van der Waals surface area contributed by atoms with E-state index in [4.69, 9.17) is 9.15 Å². The van der Waals surface area contributed by atoms with Gasteiger partial charge in [0.25, 0.3) is 10.2 Å². The molecule has 120 valence electrons. The molecule has 2 heterocycles. The molecule has 8 heteroatoms. The van der Waals surface area contributed by atoms with Crippen LogP contribution >= 0.6 is 0 Å². The summed E-state index contributed by atoms with van der Waals surface area (Å²) < 4.78 is 39.4. The van der Waals surface area contributed by atoms with Crippen molar-refractivity contribution in [3.63, 3.8) is 0 Å². The summed E-state index contributed by atoms with van der Waals surface area (Å²) in [5.41, 5.74) is 1.37. The topological polar surface area (TPSA) is 84.7 Å². The zero-order chi connectivity index (χ0) is 15.6. The zero-order valence-electron chi connectivity index (χ0n) is 12.4. The summed E-state index contributed by atoms with van der Waals surface area (Å²) in [4.78, 5) is 4.26. The Kier molecular flexibility index (Phi) is 4.44. The van der Waals surface area contributed by atoms with Crippen molar-refractivity contribution in [2.45, 2.75) is 25.4 Å². The Morgan fingerprint density at radius 1 is 1.45 bits per heavy atom. The second-order valence-electron chi connectivity index (χ2n) is 5.26. The van der Waals surface area contributed by atoms with Gasteiger partial charge in [-0.05, 0) is 25.0 Å². The summed E-state index contributed by atoms with van der Waals surface area (Å²) in [6.07, 6.45) is 1.66. The number of aromatic nitrogens is 1. The normalized spacial score (nSPS) is 20.0. The first-order chi connectivity index (χ1) is 10.6. The van der Waals surface area contributed by atoms with Crippen LogP contribution in [-0.2, 0) is 21.5 Å². The summed E-state index contributed by atoms with van der Waals surface area (Å²) in [5, 5.41) is 0. The quantitative estimate of drug-likeness (QED) is 0.864. The Labute approximate surface area is 129 Å². The fraction of sp³-hybridized carbons (Fsp3) is 0.500. The van der Waals surface area contributed by atoms with Gasteiger partial charge in [-0.3, -0.25) is 0 Å². The van der Waals surface area contributed by atoms with Crippen LogP contribution in [0.3, 0.4) is 0 Å². The molecule has 1 saturated heterocycles. The minimum atomic E-state index is -3.56. The molecule has 7 nitrogen and oxygen atoms in total. The number of para-hydroxylation sites is 2. The van der Waals surface area contributed by atoms with Gasteiger partial charge in [0.05, 0.1) is 13.2 Å². The van der Waals surface area contributed by atoms with Crippen LogP contribution in [0.25, 0.3) is 11.1 Å². The lowest BCUT2D eigenvalue weighted by Crippen LogP contribution is -2.44. The number of hydrogen-bond acceptors (Lipinski definition) is 5. The number of benzene rings is 1. The molecule has 0 aliphatic carbocycles. The van der Waals surface area contributed by atoms with Gasteiger partial charge in [-0.25, -0.2) is 4.98 Å². The standard InChI is InChI=1S/C14H19N3O4S/c1-20-10-11-5-4-8-17(11)22(18,19)15-9-14-16-12-6-2-3-7-13(12)21-14/h2-3,6-7,11,15H,4-5,8-10H2,1H3/t11-/m1/s1. The second-order valence-corrected chi connectivity index (χ2v) is 6.97. The number of oxazole rings is 1. The zero-order valence-corrected chi connectivity index (χ0v) is 13.2. The minimum absolute atomic E-state index is 0.0349. The SMILES string of the molecule is COC[C@H]1CCCN1S(=O)(=O)NCc1nc2ccccc2o1. The Morgan fingerprint density at radius 3 is 3.05 bits per heavy atom. The Morgan fingerprint density at radius 2 is 2.27 bits per heavy atom. The molecule has 0 bridgehead atoms. The highest BCUT2D eigenvalue weighted by Crippen LogP contribution is 2.21.